The fourth-order valence-corrected chi connectivity index (χ4v) is 5.33. The number of halogens is 2. The topological polar surface area (TPSA) is 86.0 Å². The van der Waals surface area contributed by atoms with Crippen LogP contribution in [0.5, 0.6) is 0 Å². The first-order valence-electron chi connectivity index (χ1n) is 13.6. The van der Waals surface area contributed by atoms with Crippen molar-refractivity contribution in [2.24, 2.45) is 0 Å². The first kappa shape index (κ1) is 30.1. The van der Waals surface area contributed by atoms with Crippen LogP contribution in [-0.2, 0) is 24.3 Å². The summed E-state index contributed by atoms with van der Waals surface area (Å²) in [7, 11) is 0. The van der Waals surface area contributed by atoms with Crippen molar-refractivity contribution >= 4 is 62.9 Å². The van der Waals surface area contributed by atoms with E-state index in [-0.39, 0.29) is 12.3 Å². The Morgan fingerprint density at radius 1 is 1.00 bits per heavy atom. The minimum atomic E-state index is -0.129. The quantitative estimate of drug-likeness (QED) is 0.165. The molecule has 0 aliphatic carbocycles. The Morgan fingerprint density at radius 2 is 1.79 bits per heavy atom. The molecule has 0 fully saturated rings. The van der Waals surface area contributed by atoms with Gasteiger partial charge in [-0.3, -0.25) is 4.79 Å². The molecule has 0 bridgehead atoms. The SMILES string of the molecule is N#Cc1ccc(Cn2cncc2CC(=O)NCCN(Cc2cccc(Cl)c2Cl)C(=S)Nc2ccc3ccccc3c2)cc1. The van der Waals surface area contributed by atoms with Crippen LogP contribution in [0.1, 0.15) is 22.4 Å². The summed E-state index contributed by atoms with van der Waals surface area (Å²) in [4.78, 5) is 19.1. The van der Waals surface area contributed by atoms with Gasteiger partial charge in [-0.15, -0.1) is 0 Å². The van der Waals surface area contributed by atoms with Gasteiger partial charge in [0.15, 0.2) is 5.11 Å². The number of thiocarbonyl (C=S) groups is 1. The van der Waals surface area contributed by atoms with Gasteiger partial charge in [0.25, 0.3) is 0 Å². The van der Waals surface area contributed by atoms with E-state index in [1.165, 1.54) is 0 Å². The Hall–Kier alpha value is -4.42. The monoisotopic (exact) mass is 626 g/mol. The highest BCUT2D eigenvalue weighted by atomic mass is 35.5. The molecule has 4 aromatic carbocycles. The molecule has 5 aromatic rings. The first-order chi connectivity index (χ1) is 20.9. The van der Waals surface area contributed by atoms with E-state index in [1.807, 2.05) is 58.0 Å². The van der Waals surface area contributed by atoms with Crippen molar-refractivity contribution in [1.82, 2.24) is 19.8 Å². The maximum atomic E-state index is 12.9. The summed E-state index contributed by atoms with van der Waals surface area (Å²) in [5, 5.41) is 19.1. The Bertz CT molecular complexity index is 1800. The van der Waals surface area contributed by atoms with Gasteiger partial charge in [0, 0.05) is 43.8 Å². The van der Waals surface area contributed by atoms with E-state index in [9.17, 15) is 4.79 Å². The molecule has 216 valence electrons. The van der Waals surface area contributed by atoms with Gasteiger partial charge in [-0.25, -0.2) is 4.98 Å². The van der Waals surface area contributed by atoms with Crippen LogP contribution in [0.4, 0.5) is 5.69 Å². The summed E-state index contributed by atoms with van der Waals surface area (Å²) in [6.07, 6.45) is 3.57. The van der Waals surface area contributed by atoms with Crippen molar-refractivity contribution < 1.29 is 4.79 Å². The van der Waals surface area contributed by atoms with E-state index < -0.39 is 0 Å². The van der Waals surface area contributed by atoms with Crippen LogP contribution in [-0.4, -0.2) is 38.6 Å². The summed E-state index contributed by atoms with van der Waals surface area (Å²) in [6.45, 7) is 1.77. The second kappa shape index (κ2) is 14.2. The number of hydrogen-bond donors (Lipinski definition) is 2. The number of nitrogens with one attached hydrogen (secondary N) is 2. The molecular formula is C33H28Cl2N6OS. The number of carbonyl (C=O) groups is 1. The number of nitrogens with zero attached hydrogens (tertiary/aromatic N) is 4. The highest BCUT2D eigenvalue weighted by Crippen LogP contribution is 2.27. The number of aromatic nitrogens is 2. The van der Waals surface area contributed by atoms with E-state index in [2.05, 4.69) is 39.9 Å². The first-order valence-corrected chi connectivity index (χ1v) is 14.8. The number of benzene rings is 4. The molecule has 1 aromatic heterocycles. The van der Waals surface area contributed by atoms with Crippen molar-refractivity contribution in [1.29, 1.82) is 5.26 Å². The number of carbonyl (C=O) groups excluding carboxylic acids is 1. The predicted octanol–water partition coefficient (Wildman–Crippen LogP) is 6.82. The molecule has 0 radical (unpaired) electrons. The van der Waals surface area contributed by atoms with Gasteiger partial charge in [-0.2, -0.15) is 5.26 Å². The van der Waals surface area contributed by atoms with Crippen LogP contribution >= 0.6 is 35.4 Å². The van der Waals surface area contributed by atoms with Gasteiger partial charge in [-0.05, 0) is 64.4 Å². The van der Waals surface area contributed by atoms with Crippen molar-refractivity contribution in [3.63, 3.8) is 0 Å². The van der Waals surface area contributed by atoms with Crippen molar-refractivity contribution in [2.45, 2.75) is 19.5 Å². The van der Waals surface area contributed by atoms with E-state index in [0.29, 0.717) is 46.9 Å². The third-order valence-electron chi connectivity index (χ3n) is 6.96. The lowest BCUT2D eigenvalue weighted by Gasteiger charge is -2.27. The summed E-state index contributed by atoms with van der Waals surface area (Å²) in [5.74, 6) is -0.129. The predicted molar refractivity (Wildman–Crippen MR) is 176 cm³/mol. The number of anilines is 1. The largest absolute Gasteiger partial charge is 0.354 e. The van der Waals surface area contributed by atoms with Gasteiger partial charge in [-0.1, -0.05) is 77.8 Å². The summed E-state index contributed by atoms with van der Waals surface area (Å²) >= 11 is 18.6. The molecule has 0 spiro atoms. The van der Waals surface area contributed by atoms with Gasteiger partial charge < -0.3 is 20.1 Å². The van der Waals surface area contributed by atoms with Crippen LogP contribution in [0, 0.1) is 11.3 Å². The normalized spacial score (nSPS) is 10.7. The van der Waals surface area contributed by atoms with E-state index in [1.54, 1.807) is 30.7 Å². The fourth-order valence-electron chi connectivity index (χ4n) is 4.67. The Balaban J connectivity index is 1.22. The molecule has 0 saturated carbocycles. The molecule has 0 atom stereocenters. The summed E-state index contributed by atoms with van der Waals surface area (Å²) in [6, 6.07) is 29.2. The van der Waals surface area contributed by atoms with Gasteiger partial charge in [0.2, 0.25) is 5.91 Å². The minimum absolute atomic E-state index is 0.129. The molecule has 1 amide bonds. The third-order valence-corrected chi connectivity index (χ3v) is 8.18. The van der Waals surface area contributed by atoms with Crippen molar-refractivity contribution in [3.8, 4) is 6.07 Å². The van der Waals surface area contributed by atoms with Gasteiger partial charge in [0.1, 0.15) is 0 Å². The van der Waals surface area contributed by atoms with Crippen LogP contribution in [0.25, 0.3) is 10.8 Å². The van der Waals surface area contributed by atoms with Crippen LogP contribution in [0.2, 0.25) is 10.0 Å². The van der Waals surface area contributed by atoms with Crippen LogP contribution in [0.15, 0.2) is 97.5 Å². The lowest BCUT2D eigenvalue weighted by atomic mass is 10.1. The number of nitriles is 1. The highest BCUT2D eigenvalue weighted by molar-refractivity contribution is 7.80. The Labute approximate surface area is 265 Å². The van der Waals surface area contributed by atoms with E-state index >= 15 is 0 Å². The van der Waals surface area contributed by atoms with Crippen molar-refractivity contribution in [2.75, 3.05) is 18.4 Å². The smallest absolute Gasteiger partial charge is 0.226 e. The Morgan fingerprint density at radius 3 is 2.58 bits per heavy atom. The zero-order valence-corrected chi connectivity index (χ0v) is 25.5. The summed E-state index contributed by atoms with van der Waals surface area (Å²) < 4.78 is 1.93. The number of rotatable bonds is 10. The number of hydrogen-bond acceptors (Lipinski definition) is 4. The zero-order valence-electron chi connectivity index (χ0n) is 23.1. The fraction of sp³-hybridized carbons (Fsp3) is 0.152. The lowest BCUT2D eigenvalue weighted by molar-refractivity contribution is -0.120. The zero-order chi connectivity index (χ0) is 30.2. The highest BCUT2D eigenvalue weighted by Gasteiger charge is 2.16. The maximum Gasteiger partial charge on any atom is 0.226 e. The standard InChI is InChI=1S/C33H28Cl2N6OS/c34-30-7-3-6-27(32(30)35)21-40(33(43)39-28-13-12-25-4-1-2-5-26(25)16-28)15-14-38-31(42)17-29-19-37-22-41(29)20-24-10-8-23(18-36)9-11-24/h1-13,16,19,22H,14-15,17,20-21H2,(H,38,42)(H,39,43). The van der Waals surface area contributed by atoms with Crippen LogP contribution < -0.4 is 10.6 Å². The number of fused-ring (bicyclic) bond motifs is 1. The average Bonchev–Trinajstić information content (AvgIpc) is 3.44. The molecule has 43 heavy (non-hydrogen) atoms. The van der Waals surface area contributed by atoms with Crippen molar-refractivity contribution in [3.05, 3.63) is 130 Å². The molecule has 0 aliphatic rings. The third kappa shape index (κ3) is 7.90. The van der Waals surface area contributed by atoms with E-state index in [0.717, 1.165) is 33.3 Å². The molecule has 5 rings (SSSR count). The molecule has 0 saturated heterocycles. The van der Waals surface area contributed by atoms with Gasteiger partial charge >= 0.3 is 0 Å². The Kier molecular flexibility index (Phi) is 9.90. The molecule has 1 heterocycles. The lowest BCUT2D eigenvalue weighted by Crippen LogP contribution is -2.40. The summed E-state index contributed by atoms with van der Waals surface area (Å²) in [5.41, 5.74) is 4.10. The van der Waals surface area contributed by atoms with Gasteiger partial charge in [0.05, 0.1) is 34.4 Å². The second-order valence-corrected chi connectivity index (χ2v) is 11.1. The molecule has 0 unspecified atom stereocenters. The minimum Gasteiger partial charge on any atom is -0.354 e. The van der Waals surface area contributed by atoms with E-state index in [4.69, 9.17) is 40.7 Å². The molecular weight excluding hydrogens is 599 g/mol. The second-order valence-electron chi connectivity index (χ2n) is 9.97. The molecule has 10 heteroatoms. The molecule has 0 aliphatic heterocycles. The maximum absolute atomic E-state index is 12.9. The van der Waals surface area contributed by atoms with Crippen LogP contribution in [0.3, 0.4) is 0 Å². The molecule has 2 N–H and O–H groups in total. The number of imidazole rings is 1. The molecule has 7 nitrogen and oxygen atoms in total. The number of amides is 1. The average molecular weight is 628 g/mol.